The van der Waals surface area contributed by atoms with Gasteiger partial charge in [-0.3, -0.25) is 0 Å². The fraction of sp³-hybridized carbons (Fsp3) is 0.214. The number of rotatable bonds is 6. The van der Waals surface area contributed by atoms with Crippen LogP contribution in [0.2, 0.25) is 0 Å². The number of sulfonamides is 1. The van der Waals surface area contributed by atoms with Crippen LogP contribution in [0.1, 0.15) is 0 Å². The molecule has 0 saturated heterocycles. The molecule has 0 atom stereocenters. The number of aromatic nitrogens is 1. The van der Waals surface area contributed by atoms with Crippen LogP contribution in [0.4, 0.5) is 14.6 Å². The smallest absolute Gasteiger partial charge is 0.268 e. The van der Waals surface area contributed by atoms with Gasteiger partial charge in [0.1, 0.15) is 27.0 Å². The molecule has 0 bridgehead atoms. The Morgan fingerprint density at radius 3 is 2.61 bits per heavy atom. The number of pyridine rings is 1. The first-order valence-corrected chi connectivity index (χ1v) is 8.69. The first-order valence-electron chi connectivity index (χ1n) is 6.45. The van der Waals surface area contributed by atoms with Gasteiger partial charge in [0, 0.05) is 13.2 Å². The summed E-state index contributed by atoms with van der Waals surface area (Å²) in [7, 11) is -2.85. The molecule has 1 aromatic heterocycles. The molecule has 0 radical (unpaired) electrons. The zero-order valence-electron chi connectivity index (χ0n) is 12.0. The minimum absolute atomic E-state index is 0.0703. The molecule has 0 N–H and O–H groups in total. The number of methoxy groups -OCH3 is 1. The lowest BCUT2D eigenvalue weighted by Crippen LogP contribution is -2.35. The molecule has 0 saturated carbocycles. The molecular weight excluding hydrogens is 394 g/mol. The van der Waals surface area contributed by atoms with Gasteiger partial charge in [-0.25, -0.2) is 26.5 Å². The van der Waals surface area contributed by atoms with E-state index in [0.717, 1.165) is 16.4 Å². The van der Waals surface area contributed by atoms with Gasteiger partial charge in [-0.05, 0) is 40.2 Å². The molecule has 0 aliphatic heterocycles. The van der Waals surface area contributed by atoms with Crippen molar-refractivity contribution in [1.29, 1.82) is 0 Å². The number of benzene rings is 1. The Balaban J connectivity index is 2.53. The summed E-state index contributed by atoms with van der Waals surface area (Å²) in [4.78, 5) is 3.45. The van der Waals surface area contributed by atoms with E-state index in [9.17, 15) is 17.2 Å². The second-order valence-electron chi connectivity index (χ2n) is 4.46. The molecule has 0 aliphatic carbocycles. The fourth-order valence-electron chi connectivity index (χ4n) is 1.87. The lowest BCUT2D eigenvalue weighted by molar-refractivity contribution is 0.208. The van der Waals surface area contributed by atoms with Crippen LogP contribution in [0.15, 0.2) is 45.9 Å². The minimum atomic E-state index is -4.26. The van der Waals surface area contributed by atoms with Crippen LogP contribution in [0.5, 0.6) is 0 Å². The summed E-state index contributed by atoms with van der Waals surface area (Å²) in [6, 6.07) is 7.00. The van der Waals surface area contributed by atoms with E-state index in [1.807, 2.05) is 0 Å². The average molecular weight is 407 g/mol. The largest absolute Gasteiger partial charge is 0.383 e. The van der Waals surface area contributed by atoms with Crippen LogP contribution in [0, 0.1) is 11.6 Å². The second-order valence-corrected chi connectivity index (χ2v) is 7.11. The highest BCUT2D eigenvalue weighted by Crippen LogP contribution is 2.25. The molecule has 5 nitrogen and oxygen atoms in total. The van der Waals surface area contributed by atoms with Gasteiger partial charge in [0.2, 0.25) is 0 Å². The van der Waals surface area contributed by atoms with E-state index in [4.69, 9.17) is 4.74 Å². The van der Waals surface area contributed by atoms with Crippen molar-refractivity contribution in [2.24, 2.45) is 0 Å². The summed E-state index contributed by atoms with van der Waals surface area (Å²) < 4.78 is 58.7. The van der Waals surface area contributed by atoms with Crippen molar-refractivity contribution in [2.45, 2.75) is 4.90 Å². The van der Waals surface area contributed by atoms with Crippen LogP contribution >= 0.6 is 15.9 Å². The number of anilines is 1. The van der Waals surface area contributed by atoms with Gasteiger partial charge < -0.3 is 4.74 Å². The molecule has 124 valence electrons. The summed E-state index contributed by atoms with van der Waals surface area (Å²) in [6.45, 7) is 0.00927. The molecule has 23 heavy (non-hydrogen) atoms. The first-order chi connectivity index (χ1) is 10.9. The SMILES string of the molecule is COCCN(c1cccc(Br)n1)S(=O)(=O)c1ccc(F)cc1F. The van der Waals surface area contributed by atoms with Crippen LogP contribution in [0.25, 0.3) is 0 Å². The van der Waals surface area contributed by atoms with Gasteiger partial charge in [-0.2, -0.15) is 0 Å². The van der Waals surface area contributed by atoms with Crippen molar-refractivity contribution in [3.8, 4) is 0 Å². The normalized spacial score (nSPS) is 11.5. The van der Waals surface area contributed by atoms with Crippen LogP contribution < -0.4 is 4.31 Å². The highest BCUT2D eigenvalue weighted by Gasteiger charge is 2.29. The van der Waals surface area contributed by atoms with E-state index in [0.29, 0.717) is 10.7 Å². The molecule has 0 amide bonds. The Morgan fingerprint density at radius 2 is 2.00 bits per heavy atom. The molecule has 0 fully saturated rings. The van der Waals surface area contributed by atoms with E-state index >= 15 is 0 Å². The Labute approximate surface area is 141 Å². The Kier molecular flexibility index (Phi) is 5.66. The van der Waals surface area contributed by atoms with E-state index in [-0.39, 0.29) is 19.0 Å². The summed E-state index contributed by atoms with van der Waals surface area (Å²) in [5.41, 5.74) is 0. The molecule has 0 unspecified atom stereocenters. The number of hydrogen-bond acceptors (Lipinski definition) is 4. The third kappa shape index (κ3) is 4.04. The van der Waals surface area contributed by atoms with Gasteiger partial charge >= 0.3 is 0 Å². The fourth-order valence-corrected chi connectivity index (χ4v) is 3.65. The summed E-state index contributed by atoms with van der Waals surface area (Å²) >= 11 is 3.16. The van der Waals surface area contributed by atoms with Gasteiger partial charge in [0.25, 0.3) is 10.0 Å². The van der Waals surface area contributed by atoms with Crippen molar-refractivity contribution < 1.29 is 21.9 Å². The topological polar surface area (TPSA) is 59.5 Å². The maximum Gasteiger partial charge on any atom is 0.268 e. The third-order valence-corrected chi connectivity index (χ3v) is 5.19. The molecule has 9 heteroatoms. The first kappa shape index (κ1) is 17.8. The van der Waals surface area contributed by atoms with Crippen molar-refractivity contribution in [3.05, 3.63) is 52.6 Å². The molecule has 2 aromatic rings. The van der Waals surface area contributed by atoms with Crippen molar-refractivity contribution in [3.63, 3.8) is 0 Å². The number of nitrogens with zero attached hydrogens (tertiary/aromatic N) is 2. The van der Waals surface area contributed by atoms with E-state index in [1.165, 1.54) is 13.2 Å². The van der Waals surface area contributed by atoms with Crippen LogP contribution in [0.3, 0.4) is 0 Å². The zero-order valence-corrected chi connectivity index (χ0v) is 14.4. The van der Waals surface area contributed by atoms with Gasteiger partial charge in [0.05, 0.1) is 13.2 Å². The maximum atomic E-state index is 13.9. The van der Waals surface area contributed by atoms with Crippen molar-refractivity contribution in [1.82, 2.24) is 4.98 Å². The Bertz CT molecular complexity index is 802. The Hall–Kier alpha value is -1.58. The van der Waals surface area contributed by atoms with E-state index in [2.05, 4.69) is 20.9 Å². The van der Waals surface area contributed by atoms with Gasteiger partial charge in [-0.15, -0.1) is 0 Å². The second kappa shape index (κ2) is 7.33. The van der Waals surface area contributed by atoms with Crippen molar-refractivity contribution in [2.75, 3.05) is 24.6 Å². The summed E-state index contributed by atoms with van der Waals surface area (Å²) in [5.74, 6) is -1.92. The highest BCUT2D eigenvalue weighted by molar-refractivity contribution is 9.10. The summed E-state index contributed by atoms with van der Waals surface area (Å²) in [6.07, 6.45) is 0. The van der Waals surface area contributed by atoms with E-state index in [1.54, 1.807) is 12.1 Å². The Morgan fingerprint density at radius 1 is 1.26 bits per heavy atom. The summed E-state index contributed by atoms with van der Waals surface area (Å²) in [5, 5.41) is 0. The monoisotopic (exact) mass is 406 g/mol. The van der Waals surface area contributed by atoms with Gasteiger partial charge in [0.15, 0.2) is 0 Å². The average Bonchev–Trinajstić information content (AvgIpc) is 2.47. The van der Waals surface area contributed by atoms with Crippen molar-refractivity contribution >= 4 is 31.8 Å². The van der Waals surface area contributed by atoms with Gasteiger partial charge in [-0.1, -0.05) is 6.07 Å². The zero-order chi connectivity index (χ0) is 17.0. The minimum Gasteiger partial charge on any atom is -0.383 e. The number of ether oxygens (including phenoxy) is 1. The maximum absolute atomic E-state index is 13.9. The molecule has 0 aliphatic rings. The van der Waals surface area contributed by atoms with Crippen LogP contribution in [-0.4, -0.2) is 33.7 Å². The molecule has 0 spiro atoms. The lowest BCUT2D eigenvalue weighted by Gasteiger charge is -2.23. The number of hydrogen-bond donors (Lipinski definition) is 0. The van der Waals surface area contributed by atoms with E-state index < -0.39 is 26.6 Å². The number of halogens is 3. The predicted octanol–water partition coefficient (Wildman–Crippen LogP) is 2.96. The quantitative estimate of drug-likeness (QED) is 0.691. The van der Waals surface area contributed by atoms with Crippen LogP contribution in [-0.2, 0) is 14.8 Å². The third-order valence-electron chi connectivity index (χ3n) is 2.92. The molecular formula is C14H13BrF2N2O3S. The molecule has 1 heterocycles. The molecule has 1 aromatic carbocycles. The highest BCUT2D eigenvalue weighted by atomic mass is 79.9. The molecule has 2 rings (SSSR count). The lowest BCUT2D eigenvalue weighted by atomic mass is 10.3. The standard InChI is InChI=1S/C14H13BrF2N2O3S/c1-22-8-7-19(14-4-2-3-13(15)18-14)23(20,21)12-6-5-10(16)9-11(12)17/h2-6,9H,7-8H2,1H3. The predicted molar refractivity (Wildman–Crippen MR) is 84.7 cm³/mol.